The molecule has 1 N–H and O–H groups in total. The Bertz CT molecular complexity index is 636. The summed E-state index contributed by atoms with van der Waals surface area (Å²) in [5.74, 6) is 1.91. The third-order valence-corrected chi connectivity index (χ3v) is 4.85. The van der Waals surface area contributed by atoms with Gasteiger partial charge in [0.15, 0.2) is 0 Å². The summed E-state index contributed by atoms with van der Waals surface area (Å²) >= 11 is 0. The summed E-state index contributed by atoms with van der Waals surface area (Å²) in [5, 5.41) is 3.07. The van der Waals surface area contributed by atoms with Gasteiger partial charge in [0.1, 0.15) is 5.82 Å². The number of sulfonamides is 1. The lowest BCUT2D eigenvalue weighted by atomic mass is 10.1. The summed E-state index contributed by atoms with van der Waals surface area (Å²) in [4.78, 5) is 0.0625. The Hall–Kier alpha value is -1.42. The highest BCUT2D eigenvalue weighted by atomic mass is 32.2. The fourth-order valence-corrected chi connectivity index (χ4v) is 3.10. The molecule has 0 saturated carbocycles. The van der Waals surface area contributed by atoms with Crippen LogP contribution < -0.4 is 5.32 Å². The Labute approximate surface area is 126 Å². The molecule has 0 unspecified atom stereocenters. The van der Waals surface area contributed by atoms with Crippen LogP contribution in [0.3, 0.4) is 0 Å². The number of halogens is 1. The zero-order valence-electron chi connectivity index (χ0n) is 12.6. The third kappa shape index (κ3) is 4.27. The van der Waals surface area contributed by atoms with Gasteiger partial charge in [-0.3, -0.25) is 0 Å². The number of rotatable bonds is 7. The lowest BCUT2D eigenvalue weighted by Crippen LogP contribution is -2.27. The van der Waals surface area contributed by atoms with Gasteiger partial charge in [-0.1, -0.05) is 12.8 Å². The van der Waals surface area contributed by atoms with Crippen LogP contribution >= 0.6 is 0 Å². The van der Waals surface area contributed by atoms with Gasteiger partial charge < -0.3 is 5.32 Å². The summed E-state index contributed by atoms with van der Waals surface area (Å²) in [6.45, 7) is 4.57. The van der Waals surface area contributed by atoms with Crippen molar-refractivity contribution in [2.45, 2.75) is 31.7 Å². The molecule has 0 heterocycles. The van der Waals surface area contributed by atoms with Crippen LogP contribution in [0.15, 0.2) is 17.0 Å². The number of hydrogen-bond acceptors (Lipinski definition) is 3. The third-order valence-electron chi connectivity index (χ3n) is 3.07. The van der Waals surface area contributed by atoms with E-state index in [4.69, 9.17) is 6.42 Å². The Balaban J connectivity index is 3.17. The van der Waals surface area contributed by atoms with Crippen molar-refractivity contribution in [3.8, 4) is 12.3 Å². The molecule has 1 aromatic carbocycles. The highest BCUT2D eigenvalue weighted by Gasteiger charge is 2.22. The summed E-state index contributed by atoms with van der Waals surface area (Å²) < 4.78 is 39.8. The van der Waals surface area contributed by atoms with Crippen molar-refractivity contribution in [1.82, 2.24) is 9.62 Å². The van der Waals surface area contributed by atoms with Crippen LogP contribution in [0.4, 0.5) is 4.39 Å². The molecule has 0 spiro atoms. The van der Waals surface area contributed by atoms with E-state index in [1.807, 2.05) is 6.92 Å². The zero-order valence-corrected chi connectivity index (χ0v) is 13.4. The van der Waals surface area contributed by atoms with Crippen molar-refractivity contribution >= 4 is 10.0 Å². The number of nitrogens with zero attached hydrogens (tertiary/aromatic N) is 1. The van der Waals surface area contributed by atoms with Crippen LogP contribution in [0.5, 0.6) is 0 Å². The molecule has 116 valence electrons. The van der Waals surface area contributed by atoms with E-state index in [1.165, 1.54) is 19.2 Å². The zero-order chi connectivity index (χ0) is 16.0. The van der Waals surface area contributed by atoms with E-state index in [9.17, 15) is 12.8 Å². The SMILES string of the molecule is C#CCN(C)S(=O)(=O)c1cc(C)c(F)c(CNCCC)c1. The first-order valence-electron chi connectivity index (χ1n) is 6.74. The average Bonchev–Trinajstić information content (AvgIpc) is 2.43. The maximum atomic E-state index is 14.1. The first-order valence-corrected chi connectivity index (χ1v) is 8.18. The Morgan fingerprint density at radius 3 is 2.67 bits per heavy atom. The average molecular weight is 312 g/mol. The van der Waals surface area contributed by atoms with Crippen LogP contribution in [0.25, 0.3) is 0 Å². The molecule has 0 bridgehead atoms. The van der Waals surface area contributed by atoms with Crippen molar-refractivity contribution in [2.24, 2.45) is 0 Å². The molecule has 0 aliphatic carbocycles. The molecule has 4 nitrogen and oxygen atoms in total. The summed E-state index contributed by atoms with van der Waals surface area (Å²) in [7, 11) is -2.29. The van der Waals surface area contributed by atoms with E-state index >= 15 is 0 Å². The second-order valence-corrected chi connectivity index (χ2v) is 6.90. The van der Waals surface area contributed by atoms with Gasteiger partial charge in [-0.25, -0.2) is 12.8 Å². The Morgan fingerprint density at radius 1 is 1.43 bits per heavy atom. The van der Waals surface area contributed by atoms with Gasteiger partial charge in [-0.2, -0.15) is 4.31 Å². The topological polar surface area (TPSA) is 49.4 Å². The van der Waals surface area contributed by atoms with Crippen molar-refractivity contribution in [3.63, 3.8) is 0 Å². The van der Waals surface area contributed by atoms with Crippen molar-refractivity contribution < 1.29 is 12.8 Å². The molecule has 1 rings (SSSR count). The van der Waals surface area contributed by atoms with Crippen LogP contribution in [0.1, 0.15) is 24.5 Å². The van der Waals surface area contributed by atoms with E-state index in [-0.39, 0.29) is 17.3 Å². The van der Waals surface area contributed by atoms with Crippen LogP contribution in [-0.4, -0.2) is 32.9 Å². The molecule has 0 atom stereocenters. The van der Waals surface area contributed by atoms with Gasteiger partial charge in [-0.15, -0.1) is 6.42 Å². The largest absolute Gasteiger partial charge is 0.313 e. The highest BCUT2D eigenvalue weighted by Crippen LogP contribution is 2.21. The second kappa shape index (κ2) is 7.55. The fraction of sp³-hybridized carbons (Fsp3) is 0.467. The van der Waals surface area contributed by atoms with Gasteiger partial charge in [-0.05, 0) is 37.6 Å². The van der Waals surface area contributed by atoms with Gasteiger partial charge in [0.05, 0.1) is 11.4 Å². The predicted octanol–water partition coefficient (Wildman–Crippen LogP) is 1.89. The minimum Gasteiger partial charge on any atom is -0.313 e. The summed E-state index contributed by atoms with van der Waals surface area (Å²) in [5.41, 5.74) is 0.648. The number of aryl methyl sites for hydroxylation is 1. The van der Waals surface area contributed by atoms with Gasteiger partial charge in [0.25, 0.3) is 0 Å². The maximum Gasteiger partial charge on any atom is 0.243 e. The van der Waals surface area contributed by atoms with E-state index in [1.54, 1.807) is 6.92 Å². The predicted molar refractivity (Wildman–Crippen MR) is 81.8 cm³/mol. The summed E-state index contributed by atoms with van der Waals surface area (Å²) in [6.07, 6.45) is 6.06. The highest BCUT2D eigenvalue weighted by molar-refractivity contribution is 7.89. The van der Waals surface area contributed by atoms with Crippen LogP contribution in [0, 0.1) is 25.1 Å². The standard InChI is InChI=1S/C15H21FN2O2S/c1-5-7-17-11-13-10-14(9-12(3)15(13)16)21(19,20)18(4)8-6-2/h2,9-10,17H,5,7-8,11H2,1,3-4H3. The number of nitrogens with one attached hydrogen (secondary N) is 1. The lowest BCUT2D eigenvalue weighted by molar-refractivity contribution is 0.502. The Morgan fingerprint density at radius 2 is 2.10 bits per heavy atom. The van der Waals surface area contributed by atoms with Crippen LogP contribution in [-0.2, 0) is 16.6 Å². The molecule has 0 saturated heterocycles. The normalized spacial score (nSPS) is 11.6. The fourth-order valence-electron chi connectivity index (χ4n) is 1.88. The molecule has 0 aliphatic heterocycles. The first kappa shape index (κ1) is 17.6. The molecule has 0 aliphatic rings. The number of terminal acetylenes is 1. The quantitative estimate of drug-likeness (QED) is 0.618. The van der Waals surface area contributed by atoms with Gasteiger partial charge in [0.2, 0.25) is 10.0 Å². The lowest BCUT2D eigenvalue weighted by Gasteiger charge is -2.16. The van der Waals surface area contributed by atoms with Gasteiger partial charge in [0, 0.05) is 19.2 Å². The van der Waals surface area contributed by atoms with E-state index in [0.717, 1.165) is 17.3 Å². The molecule has 1 aromatic rings. The molecular formula is C15H21FN2O2S. The smallest absolute Gasteiger partial charge is 0.243 e. The first-order chi connectivity index (χ1) is 9.84. The van der Waals surface area contributed by atoms with E-state index in [0.29, 0.717) is 17.7 Å². The number of hydrogen-bond donors (Lipinski definition) is 1. The number of benzene rings is 1. The van der Waals surface area contributed by atoms with Crippen molar-refractivity contribution in [3.05, 3.63) is 29.1 Å². The summed E-state index contributed by atoms with van der Waals surface area (Å²) in [6, 6.07) is 2.70. The molecule has 6 heteroatoms. The van der Waals surface area contributed by atoms with Gasteiger partial charge >= 0.3 is 0 Å². The maximum absolute atomic E-state index is 14.1. The monoisotopic (exact) mass is 312 g/mol. The second-order valence-electron chi connectivity index (χ2n) is 4.86. The molecule has 0 fully saturated rings. The molecule has 0 amide bonds. The molecule has 21 heavy (non-hydrogen) atoms. The van der Waals surface area contributed by atoms with Crippen molar-refractivity contribution in [1.29, 1.82) is 0 Å². The molecule has 0 aromatic heterocycles. The van der Waals surface area contributed by atoms with Crippen molar-refractivity contribution in [2.75, 3.05) is 20.1 Å². The minimum absolute atomic E-state index is 0.0256. The van der Waals surface area contributed by atoms with E-state index in [2.05, 4.69) is 11.2 Å². The molecule has 0 radical (unpaired) electrons. The molecular weight excluding hydrogens is 291 g/mol. The Kier molecular flexibility index (Phi) is 6.34. The van der Waals surface area contributed by atoms with Crippen LogP contribution in [0.2, 0.25) is 0 Å². The van der Waals surface area contributed by atoms with E-state index < -0.39 is 10.0 Å². The minimum atomic E-state index is -3.70.